The second kappa shape index (κ2) is 10.7. The molecule has 0 radical (unpaired) electrons. The molecule has 5 nitrogen and oxygen atoms in total. The number of carbonyl (C=O) groups excluding carboxylic acids is 1. The van der Waals surface area contributed by atoms with Crippen molar-refractivity contribution in [3.63, 3.8) is 0 Å². The van der Waals surface area contributed by atoms with Gasteiger partial charge in [-0.3, -0.25) is 0 Å². The third kappa shape index (κ3) is 5.39. The van der Waals surface area contributed by atoms with Crippen LogP contribution in [0.25, 0.3) is 11.1 Å². The lowest BCUT2D eigenvalue weighted by molar-refractivity contribution is -0.0832. The van der Waals surface area contributed by atoms with E-state index in [-0.39, 0.29) is 18.0 Å². The van der Waals surface area contributed by atoms with Crippen LogP contribution in [-0.2, 0) is 10.3 Å². The first-order valence-electron chi connectivity index (χ1n) is 11.9. The van der Waals surface area contributed by atoms with Gasteiger partial charge in [0.1, 0.15) is 23.1 Å². The number of hydrogen-bond donors (Lipinski definition) is 2. The summed E-state index contributed by atoms with van der Waals surface area (Å²) >= 11 is 0. The summed E-state index contributed by atoms with van der Waals surface area (Å²) in [7, 11) is 1.72. The molecule has 3 aromatic rings. The number of amides is 1. The summed E-state index contributed by atoms with van der Waals surface area (Å²) in [4.78, 5) is 14.8. The van der Waals surface area contributed by atoms with E-state index in [9.17, 15) is 23.1 Å². The zero-order valence-electron chi connectivity index (χ0n) is 20.2. The Hall–Kier alpha value is -3.36. The maximum Gasteiger partial charge on any atom is 0.411 e. The molecule has 36 heavy (non-hydrogen) atoms. The Bertz CT molecular complexity index is 1200. The highest BCUT2D eigenvalue weighted by molar-refractivity contribution is 5.70. The summed E-state index contributed by atoms with van der Waals surface area (Å²) in [6.07, 6.45) is -0.723. The zero-order valence-corrected chi connectivity index (χ0v) is 20.2. The Labute approximate surface area is 208 Å². The molecule has 1 heterocycles. The number of carbonyl (C=O) groups is 1. The highest BCUT2D eigenvalue weighted by atomic mass is 19.1. The van der Waals surface area contributed by atoms with Gasteiger partial charge in [-0.05, 0) is 54.9 Å². The monoisotopic (exact) mass is 498 g/mol. The van der Waals surface area contributed by atoms with Crippen LogP contribution in [0.4, 0.5) is 18.0 Å². The molecule has 0 aliphatic carbocycles. The normalized spacial score (nSPS) is 19.6. The van der Waals surface area contributed by atoms with Gasteiger partial charge in [0.2, 0.25) is 0 Å². The highest BCUT2D eigenvalue weighted by Gasteiger charge is 2.44. The van der Waals surface area contributed by atoms with E-state index in [1.807, 2.05) is 6.92 Å². The fraction of sp³-hybridized carbons (Fsp3) is 0.321. The van der Waals surface area contributed by atoms with Gasteiger partial charge in [-0.25, -0.2) is 18.0 Å². The number of aliphatic hydroxyl groups is 1. The van der Waals surface area contributed by atoms with Crippen molar-refractivity contribution >= 4 is 6.09 Å². The Kier molecular flexibility index (Phi) is 7.66. The number of halogens is 3. The number of benzene rings is 3. The van der Waals surface area contributed by atoms with E-state index in [0.29, 0.717) is 30.6 Å². The minimum absolute atomic E-state index is 0.172. The Balaban J connectivity index is 1.53. The van der Waals surface area contributed by atoms with E-state index in [0.717, 1.165) is 11.6 Å². The van der Waals surface area contributed by atoms with E-state index in [4.69, 9.17) is 4.74 Å². The molecule has 1 fully saturated rings. The van der Waals surface area contributed by atoms with E-state index < -0.39 is 35.2 Å². The molecule has 8 heteroatoms. The molecule has 0 aromatic heterocycles. The maximum atomic E-state index is 14.2. The van der Waals surface area contributed by atoms with E-state index in [1.54, 1.807) is 48.3 Å². The number of likely N-dealkylation sites (N-methyl/N-ethyl adjacent to an activating group) is 1. The average molecular weight is 499 g/mol. The van der Waals surface area contributed by atoms with Gasteiger partial charge < -0.3 is 20.1 Å². The summed E-state index contributed by atoms with van der Waals surface area (Å²) in [5, 5.41) is 13.4. The molecule has 4 rings (SSSR count). The van der Waals surface area contributed by atoms with Crippen molar-refractivity contribution in [1.82, 2.24) is 10.2 Å². The smallest absolute Gasteiger partial charge is 0.411 e. The number of cyclic esters (lactones) is 1. The standard InChI is InChI=1S/C28H29F3N2O3/c1-18(19-3-5-20(6-4-19)25-12-11-23(30)15-26(25)31)33-14-13-28(36-27(33)35,16-24(34)17-32-2)21-7-9-22(29)10-8-21/h3-12,15,18,24,32,34H,13-14,16-17H2,1-2H3/t18-,24?,28-/m0/s1. The lowest BCUT2D eigenvalue weighted by Crippen LogP contribution is -2.50. The third-order valence-electron chi connectivity index (χ3n) is 6.75. The molecule has 2 N–H and O–H groups in total. The third-order valence-corrected chi connectivity index (χ3v) is 6.75. The summed E-state index contributed by atoms with van der Waals surface area (Å²) in [6, 6.07) is 16.0. The summed E-state index contributed by atoms with van der Waals surface area (Å²) in [5.74, 6) is -1.68. The molecule has 1 saturated heterocycles. The maximum absolute atomic E-state index is 14.2. The van der Waals surface area contributed by atoms with Crippen molar-refractivity contribution in [1.29, 1.82) is 0 Å². The molecule has 0 bridgehead atoms. The van der Waals surface area contributed by atoms with Crippen molar-refractivity contribution in [3.8, 4) is 11.1 Å². The molecule has 3 atom stereocenters. The molecule has 1 aliphatic heterocycles. The molecule has 1 unspecified atom stereocenters. The SMILES string of the molecule is CNCC(O)C[C@]1(c2ccc(F)cc2)CCN([C@@H](C)c2ccc(-c3ccc(F)cc3F)cc2)C(=O)O1. The highest BCUT2D eigenvalue weighted by Crippen LogP contribution is 2.40. The Morgan fingerprint density at radius 3 is 2.31 bits per heavy atom. The zero-order chi connectivity index (χ0) is 25.9. The van der Waals surface area contributed by atoms with Gasteiger partial charge >= 0.3 is 6.09 Å². The first kappa shape index (κ1) is 25.7. The fourth-order valence-corrected chi connectivity index (χ4v) is 4.77. The molecule has 1 aliphatic rings. The fourth-order valence-electron chi connectivity index (χ4n) is 4.77. The van der Waals surface area contributed by atoms with Crippen LogP contribution in [-0.4, -0.2) is 42.3 Å². The van der Waals surface area contributed by atoms with E-state index in [2.05, 4.69) is 5.32 Å². The van der Waals surface area contributed by atoms with Crippen LogP contribution in [0.3, 0.4) is 0 Å². The van der Waals surface area contributed by atoms with Gasteiger partial charge in [0.05, 0.1) is 12.1 Å². The number of nitrogens with one attached hydrogen (secondary N) is 1. The minimum Gasteiger partial charge on any atom is -0.438 e. The largest absolute Gasteiger partial charge is 0.438 e. The average Bonchev–Trinajstić information content (AvgIpc) is 2.84. The molecular formula is C28H29F3N2O3. The second-order valence-electron chi connectivity index (χ2n) is 9.15. The van der Waals surface area contributed by atoms with E-state index >= 15 is 0 Å². The van der Waals surface area contributed by atoms with Crippen LogP contribution in [0, 0.1) is 17.5 Å². The topological polar surface area (TPSA) is 61.8 Å². The Morgan fingerprint density at radius 1 is 1.03 bits per heavy atom. The van der Waals surface area contributed by atoms with Gasteiger partial charge in [0.25, 0.3) is 0 Å². The predicted octanol–water partition coefficient (Wildman–Crippen LogP) is 5.54. The first-order valence-corrected chi connectivity index (χ1v) is 11.9. The number of hydrogen-bond acceptors (Lipinski definition) is 4. The van der Waals surface area contributed by atoms with E-state index in [1.165, 1.54) is 24.3 Å². The number of ether oxygens (including phenoxy) is 1. The second-order valence-corrected chi connectivity index (χ2v) is 9.15. The van der Waals surface area contributed by atoms with Crippen LogP contribution < -0.4 is 5.32 Å². The van der Waals surface area contributed by atoms with Crippen molar-refractivity contribution in [2.24, 2.45) is 0 Å². The van der Waals surface area contributed by atoms with Crippen LogP contribution in [0.1, 0.15) is 36.9 Å². The molecule has 1 amide bonds. The number of rotatable bonds is 8. The summed E-state index contributed by atoms with van der Waals surface area (Å²) in [6.45, 7) is 2.55. The minimum atomic E-state index is -1.08. The van der Waals surface area contributed by atoms with Gasteiger partial charge in [0.15, 0.2) is 0 Å². The lowest BCUT2D eigenvalue weighted by Gasteiger charge is -2.44. The van der Waals surface area contributed by atoms with Gasteiger partial charge in [-0.2, -0.15) is 0 Å². The number of nitrogens with zero attached hydrogens (tertiary/aromatic N) is 1. The predicted molar refractivity (Wildman–Crippen MR) is 131 cm³/mol. The van der Waals surface area contributed by atoms with Crippen molar-refractivity contribution in [2.45, 2.75) is 37.5 Å². The summed E-state index contributed by atoms with van der Waals surface area (Å²) in [5.41, 5.74) is 1.25. The van der Waals surface area contributed by atoms with Crippen LogP contribution in [0.15, 0.2) is 66.7 Å². The van der Waals surface area contributed by atoms with Crippen molar-refractivity contribution in [3.05, 3.63) is 95.3 Å². The summed E-state index contributed by atoms with van der Waals surface area (Å²) < 4.78 is 46.9. The molecule has 0 spiro atoms. The van der Waals surface area contributed by atoms with Gasteiger partial charge in [0, 0.05) is 37.6 Å². The quantitative estimate of drug-likeness (QED) is 0.428. The molecular weight excluding hydrogens is 469 g/mol. The van der Waals surface area contributed by atoms with Crippen LogP contribution >= 0.6 is 0 Å². The molecule has 190 valence electrons. The molecule has 0 saturated carbocycles. The lowest BCUT2D eigenvalue weighted by atomic mass is 9.83. The molecule has 3 aromatic carbocycles. The van der Waals surface area contributed by atoms with Crippen LogP contribution in [0.2, 0.25) is 0 Å². The van der Waals surface area contributed by atoms with Crippen LogP contribution in [0.5, 0.6) is 0 Å². The number of aliphatic hydroxyl groups excluding tert-OH is 1. The van der Waals surface area contributed by atoms with Crippen molar-refractivity contribution in [2.75, 3.05) is 20.1 Å². The Morgan fingerprint density at radius 2 is 1.69 bits per heavy atom. The van der Waals surface area contributed by atoms with Gasteiger partial charge in [-0.1, -0.05) is 36.4 Å². The van der Waals surface area contributed by atoms with Crippen molar-refractivity contribution < 1.29 is 27.8 Å². The first-order chi connectivity index (χ1) is 17.2. The van der Waals surface area contributed by atoms with Gasteiger partial charge in [-0.15, -0.1) is 0 Å².